The number of nitrogens with zero attached hydrogens (tertiary/aromatic N) is 2. The van der Waals surface area contributed by atoms with Crippen LogP contribution in [0, 0.1) is 0 Å². The molecule has 0 aliphatic rings. The van der Waals surface area contributed by atoms with E-state index in [1.807, 2.05) is 55.5 Å². The van der Waals surface area contributed by atoms with Gasteiger partial charge in [-0.2, -0.15) is 0 Å². The van der Waals surface area contributed by atoms with Crippen LogP contribution in [0.15, 0.2) is 60.7 Å². The Morgan fingerprint density at radius 3 is 2.46 bits per heavy atom. The molecule has 28 heavy (non-hydrogen) atoms. The van der Waals surface area contributed by atoms with Crippen molar-refractivity contribution >= 4 is 17.4 Å². The Kier molecular flexibility index (Phi) is 6.41. The lowest BCUT2D eigenvalue weighted by molar-refractivity contribution is 0.0944. The molecule has 1 aromatic heterocycles. The van der Waals surface area contributed by atoms with E-state index in [1.165, 1.54) is 0 Å². The van der Waals surface area contributed by atoms with E-state index in [0.717, 1.165) is 22.7 Å². The Balaban J connectivity index is 1.58. The van der Waals surface area contributed by atoms with Gasteiger partial charge in [-0.05, 0) is 49.4 Å². The summed E-state index contributed by atoms with van der Waals surface area (Å²) in [7, 11) is 1.60. The van der Waals surface area contributed by atoms with Crippen LogP contribution >= 0.6 is 0 Å². The van der Waals surface area contributed by atoms with E-state index in [-0.39, 0.29) is 11.6 Å². The monoisotopic (exact) mass is 378 g/mol. The van der Waals surface area contributed by atoms with Crippen LogP contribution in [0.3, 0.4) is 0 Å². The molecule has 0 aliphatic heterocycles. The van der Waals surface area contributed by atoms with Gasteiger partial charge in [0.05, 0.1) is 13.7 Å². The third-order valence-corrected chi connectivity index (χ3v) is 3.97. The standard InChI is InChI=1S/C21H22N4O3/c1-3-28-17-10-8-16(9-11-17)23-20-13-12-18(24-25-20)21(26)22-14-15-6-4-5-7-19(15)27-2/h4-13H,3,14H2,1-2H3,(H,22,26)(H,23,25). The van der Waals surface area contributed by atoms with Crippen molar-refractivity contribution in [2.24, 2.45) is 0 Å². The molecule has 0 spiro atoms. The van der Waals surface area contributed by atoms with E-state index in [9.17, 15) is 4.79 Å². The summed E-state index contributed by atoms with van der Waals surface area (Å²) in [6, 6.07) is 18.4. The molecule has 7 nitrogen and oxygen atoms in total. The zero-order chi connectivity index (χ0) is 19.8. The normalized spacial score (nSPS) is 10.2. The summed E-state index contributed by atoms with van der Waals surface area (Å²) < 4.78 is 10.7. The first-order valence-electron chi connectivity index (χ1n) is 8.93. The third kappa shape index (κ3) is 4.97. The average molecular weight is 378 g/mol. The van der Waals surface area contributed by atoms with Gasteiger partial charge in [0.1, 0.15) is 11.5 Å². The fourth-order valence-corrected chi connectivity index (χ4v) is 2.58. The van der Waals surface area contributed by atoms with Crippen molar-refractivity contribution in [2.75, 3.05) is 19.0 Å². The number of hydrogen-bond donors (Lipinski definition) is 2. The average Bonchev–Trinajstić information content (AvgIpc) is 2.74. The number of para-hydroxylation sites is 1. The molecular weight excluding hydrogens is 356 g/mol. The summed E-state index contributed by atoms with van der Waals surface area (Å²) in [6.45, 7) is 2.91. The molecule has 1 heterocycles. The predicted octanol–water partition coefficient (Wildman–Crippen LogP) is 3.56. The van der Waals surface area contributed by atoms with Gasteiger partial charge in [0.2, 0.25) is 0 Å². The van der Waals surface area contributed by atoms with Gasteiger partial charge >= 0.3 is 0 Å². The van der Waals surface area contributed by atoms with Gasteiger partial charge in [0.15, 0.2) is 11.5 Å². The summed E-state index contributed by atoms with van der Waals surface area (Å²) >= 11 is 0. The Morgan fingerprint density at radius 1 is 1.00 bits per heavy atom. The number of rotatable bonds is 8. The molecule has 3 rings (SSSR count). The molecule has 7 heteroatoms. The second kappa shape index (κ2) is 9.36. The Morgan fingerprint density at radius 2 is 1.79 bits per heavy atom. The summed E-state index contributed by atoms with van der Waals surface area (Å²) in [5.41, 5.74) is 1.98. The van der Waals surface area contributed by atoms with Crippen LogP contribution < -0.4 is 20.1 Å². The van der Waals surface area contributed by atoms with Crippen LogP contribution in [0.4, 0.5) is 11.5 Å². The van der Waals surface area contributed by atoms with Crippen molar-refractivity contribution in [2.45, 2.75) is 13.5 Å². The van der Waals surface area contributed by atoms with Crippen molar-refractivity contribution < 1.29 is 14.3 Å². The predicted molar refractivity (Wildman–Crippen MR) is 107 cm³/mol. The number of carbonyl (C=O) groups is 1. The molecule has 0 saturated heterocycles. The molecule has 0 fully saturated rings. The van der Waals surface area contributed by atoms with Crippen molar-refractivity contribution in [1.82, 2.24) is 15.5 Å². The molecule has 0 atom stereocenters. The summed E-state index contributed by atoms with van der Waals surface area (Å²) in [5.74, 6) is 1.78. The second-order valence-electron chi connectivity index (χ2n) is 5.88. The van der Waals surface area contributed by atoms with Crippen molar-refractivity contribution in [3.8, 4) is 11.5 Å². The van der Waals surface area contributed by atoms with Crippen LogP contribution in [0.2, 0.25) is 0 Å². The summed E-state index contributed by atoms with van der Waals surface area (Å²) in [4.78, 5) is 12.3. The van der Waals surface area contributed by atoms with Gasteiger partial charge in [-0.1, -0.05) is 18.2 Å². The first-order chi connectivity index (χ1) is 13.7. The number of ether oxygens (including phenoxy) is 2. The van der Waals surface area contributed by atoms with E-state index < -0.39 is 0 Å². The lowest BCUT2D eigenvalue weighted by Crippen LogP contribution is -2.24. The number of hydrogen-bond acceptors (Lipinski definition) is 6. The number of carbonyl (C=O) groups excluding carboxylic acids is 1. The minimum absolute atomic E-state index is 0.243. The van der Waals surface area contributed by atoms with Crippen molar-refractivity contribution in [3.05, 3.63) is 71.9 Å². The zero-order valence-corrected chi connectivity index (χ0v) is 15.8. The van der Waals surface area contributed by atoms with Crippen LogP contribution in [0.5, 0.6) is 11.5 Å². The molecular formula is C21H22N4O3. The minimum atomic E-state index is -0.300. The fraction of sp³-hybridized carbons (Fsp3) is 0.190. The van der Waals surface area contributed by atoms with Crippen LogP contribution in [-0.2, 0) is 6.54 Å². The van der Waals surface area contributed by atoms with Crippen LogP contribution in [-0.4, -0.2) is 29.8 Å². The zero-order valence-electron chi connectivity index (χ0n) is 15.8. The van der Waals surface area contributed by atoms with E-state index in [4.69, 9.17) is 9.47 Å². The van der Waals surface area contributed by atoms with Crippen LogP contribution in [0.1, 0.15) is 23.0 Å². The van der Waals surface area contributed by atoms with Gasteiger partial charge in [-0.15, -0.1) is 10.2 Å². The molecule has 1 amide bonds. The lowest BCUT2D eigenvalue weighted by Gasteiger charge is -2.09. The Labute approximate surface area is 163 Å². The number of methoxy groups -OCH3 is 1. The number of anilines is 2. The van der Waals surface area contributed by atoms with Gasteiger partial charge in [0, 0.05) is 17.8 Å². The largest absolute Gasteiger partial charge is 0.496 e. The maximum atomic E-state index is 12.3. The molecule has 0 radical (unpaired) electrons. The smallest absolute Gasteiger partial charge is 0.272 e. The number of amides is 1. The highest BCUT2D eigenvalue weighted by molar-refractivity contribution is 5.92. The fourth-order valence-electron chi connectivity index (χ4n) is 2.58. The number of benzene rings is 2. The molecule has 0 bridgehead atoms. The van der Waals surface area contributed by atoms with E-state index in [2.05, 4.69) is 20.8 Å². The van der Waals surface area contributed by atoms with Gasteiger partial charge < -0.3 is 20.1 Å². The molecule has 144 valence electrons. The molecule has 2 aromatic carbocycles. The van der Waals surface area contributed by atoms with Crippen molar-refractivity contribution in [3.63, 3.8) is 0 Å². The lowest BCUT2D eigenvalue weighted by atomic mass is 10.2. The maximum Gasteiger partial charge on any atom is 0.272 e. The number of nitrogens with one attached hydrogen (secondary N) is 2. The van der Waals surface area contributed by atoms with Gasteiger partial charge in [-0.25, -0.2) is 0 Å². The third-order valence-electron chi connectivity index (χ3n) is 3.97. The highest BCUT2D eigenvalue weighted by Crippen LogP contribution is 2.19. The van der Waals surface area contributed by atoms with Gasteiger partial charge in [-0.3, -0.25) is 4.79 Å². The highest BCUT2D eigenvalue weighted by atomic mass is 16.5. The Hall–Kier alpha value is -3.61. The minimum Gasteiger partial charge on any atom is -0.496 e. The first-order valence-corrected chi connectivity index (χ1v) is 8.93. The van der Waals surface area contributed by atoms with E-state index in [0.29, 0.717) is 19.0 Å². The summed E-state index contributed by atoms with van der Waals surface area (Å²) in [5, 5.41) is 14.0. The number of aromatic nitrogens is 2. The molecule has 3 aromatic rings. The second-order valence-corrected chi connectivity index (χ2v) is 5.88. The molecule has 0 unspecified atom stereocenters. The molecule has 0 saturated carbocycles. The van der Waals surface area contributed by atoms with Crippen molar-refractivity contribution in [1.29, 1.82) is 0 Å². The van der Waals surface area contributed by atoms with E-state index in [1.54, 1.807) is 19.2 Å². The van der Waals surface area contributed by atoms with Crippen LogP contribution in [0.25, 0.3) is 0 Å². The summed E-state index contributed by atoms with van der Waals surface area (Å²) in [6.07, 6.45) is 0. The SMILES string of the molecule is CCOc1ccc(Nc2ccc(C(=O)NCc3ccccc3OC)nn2)cc1. The first kappa shape index (κ1) is 19.2. The van der Waals surface area contributed by atoms with Gasteiger partial charge in [0.25, 0.3) is 5.91 Å². The quantitative estimate of drug-likeness (QED) is 0.623. The Bertz CT molecular complexity index is 912. The topological polar surface area (TPSA) is 85.4 Å². The highest BCUT2D eigenvalue weighted by Gasteiger charge is 2.10. The maximum absolute atomic E-state index is 12.3. The molecule has 2 N–H and O–H groups in total. The van der Waals surface area contributed by atoms with E-state index >= 15 is 0 Å². The molecule has 0 aliphatic carbocycles.